The summed E-state index contributed by atoms with van der Waals surface area (Å²) in [6.45, 7) is 4.22. The summed E-state index contributed by atoms with van der Waals surface area (Å²) in [4.78, 5) is 0. The number of hydrogen-bond acceptors (Lipinski definition) is 2. The molecule has 1 heterocycles. The molecule has 13 heavy (non-hydrogen) atoms. The number of aliphatic hydroxyl groups excluding tert-OH is 1. The number of hydrogen-bond donors (Lipinski definition) is 1. The first-order valence-electron chi connectivity index (χ1n) is 5.63. The zero-order valence-electron chi connectivity index (χ0n) is 8.83. The molecule has 0 aliphatic carbocycles. The molecule has 0 radical (unpaired) electrons. The SMILES string of the molecule is CCCCCC[C@@H]1O[C@@H]1[C@H](O)CC. The fourth-order valence-corrected chi connectivity index (χ4v) is 1.73. The van der Waals surface area contributed by atoms with Crippen LogP contribution in [0.4, 0.5) is 0 Å². The van der Waals surface area contributed by atoms with Crippen molar-refractivity contribution in [2.45, 2.75) is 70.7 Å². The molecule has 0 aromatic heterocycles. The van der Waals surface area contributed by atoms with Gasteiger partial charge in [-0.15, -0.1) is 0 Å². The molecule has 0 amide bonds. The molecule has 1 fully saturated rings. The Labute approximate surface area is 81.3 Å². The van der Waals surface area contributed by atoms with Gasteiger partial charge >= 0.3 is 0 Å². The van der Waals surface area contributed by atoms with Crippen LogP contribution in [0.1, 0.15) is 52.4 Å². The van der Waals surface area contributed by atoms with Gasteiger partial charge < -0.3 is 9.84 Å². The van der Waals surface area contributed by atoms with Crippen molar-refractivity contribution in [1.82, 2.24) is 0 Å². The Morgan fingerprint density at radius 1 is 1.23 bits per heavy atom. The zero-order chi connectivity index (χ0) is 9.68. The van der Waals surface area contributed by atoms with Gasteiger partial charge in [-0.2, -0.15) is 0 Å². The van der Waals surface area contributed by atoms with Crippen molar-refractivity contribution in [1.29, 1.82) is 0 Å². The number of unbranched alkanes of at least 4 members (excludes halogenated alkanes) is 3. The first-order valence-corrected chi connectivity index (χ1v) is 5.63. The normalized spacial score (nSPS) is 28.8. The average molecular weight is 186 g/mol. The lowest BCUT2D eigenvalue weighted by Crippen LogP contribution is -2.15. The van der Waals surface area contributed by atoms with Gasteiger partial charge in [0.15, 0.2) is 0 Å². The summed E-state index contributed by atoms with van der Waals surface area (Å²) >= 11 is 0. The average Bonchev–Trinajstić information content (AvgIpc) is 2.91. The third-order valence-electron chi connectivity index (χ3n) is 2.76. The first kappa shape index (κ1) is 11.0. The predicted molar refractivity (Wildman–Crippen MR) is 53.7 cm³/mol. The van der Waals surface area contributed by atoms with E-state index in [1.54, 1.807) is 0 Å². The van der Waals surface area contributed by atoms with E-state index in [1.165, 1.54) is 25.7 Å². The van der Waals surface area contributed by atoms with E-state index in [0.717, 1.165) is 12.8 Å². The van der Waals surface area contributed by atoms with Crippen LogP contribution >= 0.6 is 0 Å². The highest BCUT2D eigenvalue weighted by atomic mass is 16.6. The van der Waals surface area contributed by atoms with Crippen molar-refractivity contribution in [3.63, 3.8) is 0 Å². The minimum atomic E-state index is -0.226. The lowest BCUT2D eigenvalue weighted by molar-refractivity contribution is 0.131. The maximum Gasteiger partial charge on any atom is 0.110 e. The maximum absolute atomic E-state index is 9.45. The number of epoxide rings is 1. The topological polar surface area (TPSA) is 32.8 Å². The molecule has 3 atom stereocenters. The Morgan fingerprint density at radius 2 is 2.00 bits per heavy atom. The summed E-state index contributed by atoms with van der Waals surface area (Å²) in [5.74, 6) is 0. The second-order valence-corrected chi connectivity index (χ2v) is 3.96. The zero-order valence-corrected chi connectivity index (χ0v) is 8.83. The van der Waals surface area contributed by atoms with Crippen LogP contribution in [0.5, 0.6) is 0 Å². The Kier molecular flexibility index (Phi) is 4.74. The lowest BCUT2D eigenvalue weighted by Gasteiger charge is -2.01. The van der Waals surface area contributed by atoms with Gasteiger partial charge in [0.1, 0.15) is 6.10 Å². The summed E-state index contributed by atoms with van der Waals surface area (Å²) in [7, 11) is 0. The molecule has 0 bridgehead atoms. The summed E-state index contributed by atoms with van der Waals surface area (Å²) in [5.41, 5.74) is 0. The van der Waals surface area contributed by atoms with Gasteiger partial charge in [-0.05, 0) is 12.8 Å². The minimum Gasteiger partial charge on any atom is -0.390 e. The van der Waals surface area contributed by atoms with Gasteiger partial charge in [0.05, 0.1) is 12.2 Å². The number of ether oxygens (including phenoxy) is 1. The van der Waals surface area contributed by atoms with Crippen molar-refractivity contribution in [2.24, 2.45) is 0 Å². The van der Waals surface area contributed by atoms with Crippen LogP contribution in [0.25, 0.3) is 0 Å². The quantitative estimate of drug-likeness (QED) is 0.489. The van der Waals surface area contributed by atoms with E-state index in [2.05, 4.69) is 6.92 Å². The Morgan fingerprint density at radius 3 is 2.62 bits per heavy atom. The van der Waals surface area contributed by atoms with Crippen LogP contribution < -0.4 is 0 Å². The third kappa shape index (κ3) is 3.65. The van der Waals surface area contributed by atoms with Gasteiger partial charge in [0.2, 0.25) is 0 Å². The Bertz CT molecular complexity index is 136. The highest BCUT2D eigenvalue weighted by molar-refractivity contribution is 4.89. The molecule has 0 aromatic carbocycles. The van der Waals surface area contributed by atoms with Crippen molar-refractivity contribution < 1.29 is 9.84 Å². The molecule has 0 unspecified atom stereocenters. The van der Waals surface area contributed by atoms with E-state index >= 15 is 0 Å². The molecule has 1 aliphatic heterocycles. The third-order valence-corrected chi connectivity index (χ3v) is 2.76. The number of aliphatic hydroxyl groups is 1. The van der Waals surface area contributed by atoms with E-state index < -0.39 is 0 Å². The largest absolute Gasteiger partial charge is 0.390 e. The summed E-state index contributed by atoms with van der Waals surface area (Å²) in [6, 6.07) is 0. The molecular weight excluding hydrogens is 164 g/mol. The lowest BCUT2D eigenvalue weighted by atomic mass is 10.1. The van der Waals surface area contributed by atoms with E-state index in [9.17, 15) is 5.11 Å². The molecule has 1 N–H and O–H groups in total. The second-order valence-electron chi connectivity index (χ2n) is 3.96. The highest BCUT2D eigenvalue weighted by Gasteiger charge is 2.42. The van der Waals surface area contributed by atoms with Crippen molar-refractivity contribution >= 4 is 0 Å². The molecular formula is C11H22O2. The maximum atomic E-state index is 9.45. The molecule has 2 nitrogen and oxygen atoms in total. The molecule has 78 valence electrons. The molecule has 2 heteroatoms. The number of rotatable bonds is 7. The highest BCUT2D eigenvalue weighted by Crippen LogP contribution is 2.31. The van der Waals surface area contributed by atoms with Gasteiger partial charge in [0, 0.05) is 0 Å². The Hall–Kier alpha value is -0.0800. The fraction of sp³-hybridized carbons (Fsp3) is 1.00. The molecule has 0 aromatic rings. The van der Waals surface area contributed by atoms with Crippen LogP contribution in [-0.4, -0.2) is 23.4 Å². The second kappa shape index (κ2) is 5.61. The summed E-state index contributed by atoms with van der Waals surface area (Å²) in [5, 5.41) is 9.45. The molecule has 1 saturated heterocycles. The van der Waals surface area contributed by atoms with Crippen LogP contribution in [-0.2, 0) is 4.74 Å². The molecule has 1 aliphatic rings. The van der Waals surface area contributed by atoms with E-state index in [1.807, 2.05) is 6.92 Å². The smallest absolute Gasteiger partial charge is 0.110 e. The fourth-order valence-electron chi connectivity index (χ4n) is 1.73. The molecule has 0 saturated carbocycles. The van der Waals surface area contributed by atoms with E-state index in [0.29, 0.717) is 6.10 Å². The van der Waals surface area contributed by atoms with Crippen LogP contribution in [0.2, 0.25) is 0 Å². The van der Waals surface area contributed by atoms with Gasteiger partial charge in [0.25, 0.3) is 0 Å². The van der Waals surface area contributed by atoms with Crippen LogP contribution in [0.15, 0.2) is 0 Å². The minimum absolute atomic E-state index is 0.159. The summed E-state index contributed by atoms with van der Waals surface area (Å²) < 4.78 is 5.40. The molecule has 1 rings (SSSR count). The molecule has 0 spiro atoms. The predicted octanol–water partition coefficient (Wildman–Crippen LogP) is 2.50. The summed E-state index contributed by atoms with van der Waals surface area (Å²) in [6.07, 6.45) is 7.43. The Balaban J connectivity index is 1.95. The van der Waals surface area contributed by atoms with Crippen LogP contribution in [0, 0.1) is 0 Å². The van der Waals surface area contributed by atoms with E-state index in [4.69, 9.17) is 4.74 Å². The van der Waals surface area contributed by atoms with Crippen molar-refractivity contribution in [2.75, 3.05) is 0 Å². The van der Waals surface area contributed by atoms with Crippen molar-refractivity contribution in [3.05, 3.63) is 0 Å². The standard InChI is InChI=1S/C11H22O2/c1-3-5-6-7-8-10-11(13-10)9(12)4-2/h9-12H,3-8H2,1-2H3/t9-,10+,11-/m1/s1. The monoisotopic (exact) mass is 186 g/mol. The van der Waals surface area contributed by atoms with Gasteiger partial charge in [-0.3, -0.25) is 0 Å². The first-order chi connectivity index (χ1) is 6.29. The van der Waals surface area contributed by atoms with Gasteiger partial charge in [-0.25, -0.2) is 0 Å². The van der Waals surface area contributed by atoms with Crippen LogP contribution in [0.3, 0.4) is 0 Å². The van der Waals surface area contributed by atoms with E-state index in [-0.39, 0.29) is 12.2 Å². The van der Waals surface area contributed by atoms with Gasteiger partial charge in [-0.1, -0.05) is 39.5 Å². The van der Waals surface area contributed by atoms with Crippen molar-refractivity contribution in [3.8, 4) is 0 Å².